The molecule has 0 spiro atoms. The van der Waals surface area contributed by atoms with Gasteiger partial charge in [0.25, 0.3) is 5.56 Å². The van der Waals surface area contributed by atoms with Gasteiger partial charge in [-0.3, -0.25) is 4.79 Å². The molecule has 2 aromatic heterocycles. The van der Waals surface area contributed by atoms with Gasteiger partial charge in [0.05, 0.1) is 37.4 Å². The molecule has 1 aliphatic heterocycles. The van der Waals surface area contributed by atoms with Gasteiger partial charge in [0.2, 0.25) is 5.88 Å². The second kappa shape index (κ2) is 8.59. The first-order valence-corrected chi connectivity index (χ1v) is 9.58. The zero-order valence-electron chi connectivity index (χ0n) is 16.6. The average molecular weight is 396 g/mol. The van der Waals surface area contributed by atoms with Crippen LogP contribution < -0.4 is 15.2 Å². The smallest absolute Gasteiger partial charge is 0.266 e. The highest BCUT2D eigenvalue weighted by atomic mass is 16.5. The second-order valence-electron chi connectivity index (χ2n) is 6.85. The molecule has 1 aliphatic rings. The van der Waals surface area contributed by atoms with Crippen LogP contribution in [0.3, 0.4) is 0 Å². The van der Waals surface area contributed by atoms with E-state index in [2.05, 4.69) is 27.0 Å². The fraction of sp³-hybridized carbons (Fsp3) is 0.381. The summed E-state index contributed by atoms with van der Waals surface area (Å²) in [4.78, 5) is 23.9. The van der Waals surface area contributed by atoms with Gasteiger partial charge in [0, 0.05) is 38.5 Å². The largest absolute Gasteiger partial charge is 0.475 e. The number of aromatic nitrogens is 3. The lowest BCUT2D eigenvalue weighted by atomic mass is 10.1. The Bertz CT molecular complexity index is 1040. The summed E-state index contributed by atoms with van der Waals surface area (Å²) in [6.07, 6.45) is 1.51. The van der Waals surface area contributed by atoms with Crippen molar-refractivity contribution in [3.8, 4) is 17.1 Å². The predicted molar refractivity (Wildman–Crippen MR) is 111 cm³/mol. The minimum absolute atomic E-state index is 0.191. The van der Waals surface area contributed by atoms with Crippen molar-refractivity contribution in [3.05, 3.63) is 47.0 Å². The summed E-state index contributed by atoms with van der Waals surface area (Å²) in [5.74, 6) is 0.278. The zero-order valence-corrected chi connectivity index (χ0v) is 16.6. The van der Waals surface area contributed by atoms with Crippen molar-refractivity contribution in [3.63, 3.8) is 0 Å². The van der Waals surface area contributed by atoms with Gasteiger partial charge < -0.3 is 23.7 Å². The van der Waals surface area contributed by atoms with Crippen LogP contribution in [-0.2, 0) is 16.5 Å². The molecule has 3 heterocycles. The molecule has 1 fully saturated rings. The van der Waals surface area contributed by atoms with E-state index in [0.717, 1.165) is 37.6 Å². The van der Waals surface area contributed by atoms with Crippen LogP contribution >= 0.6 is 0 Å². The van der Waals surface area contributed by atoms with Crippen LogP contribution in [0.1, 0.15) is 0 Å². The van der Waals surface area contributed by atoms with E-state index in [1.807, 2.05) is 18.2 Å². The number of methoxy groups -OCH3 is 1. The zero-order chi connectivity index (χ0) is 20.2. The maximum absolute atomic E-state index is 12.6. The fourth-order valence-corrected chi connectivity index (χ4v) is 3.33. The molecule has 0 atom stereocenters. The number of benzene rings is 1. The van der Waals surface area contributed by atoms with Crippen molar-refractivity contribution in [1.82, 2.24) is 14.5 Å². The fourth-order valence-electron chi connectivity index (χ4n) is 3.33. The Hall–Kier alpha value is -2.97. The van der Waals surface area contributed by atoms with Gasteiger partial charge in [-0.05, 0) is 18.2 Å². The Morgan fingerprint density at radius 1 is 1.14 bits per heavy atom. The van der Waals surface area contributed by atoms with Gasteiger partial charge >= 0.3 is 0 Å². The van der Waals surface area contributed by atoms with Crippen LogP contribution in [0.2, 0.25) is 0 Å². The van der Waals surface area contributed by atoms with E-state index in [1.54, 1.807) is 14.2 Å². The molecular formula is C21H24N4O4. The number of anilines is 1. The molecular weight excluding hydrogens is 372 g/mol. The third-order valence-electron chi connectivity index (χ3n) is 4.94. The van der Waals surface area contributed by atoms with Gasteiger partial charge in [-0.15, -0.1) is 0 Å². The van der Waals surface area contributed by atoms with Crippen molar-refractivity contribution >= 4 is 16.6 Å². The Labute approximate surface area is 168 Å². The number of rotatable bonds is 6. The van der Waals surface area contributed by atoms with Gasteiger partial charge in [-0.25, -0.2) is 9.97 Å². The molecule has 0 radical (unpaired) electrons. The molecule has 0 saturated carbocycles. The monoisotopic (exact) mass is 396 g/mol. The minimum atomic E-state index is -0.191. The topological polar surface area (TPSA) is 78.7 Å². The van der Waals surface area contributed by atoms with Crippen LogP contribution in [0.25, 0.3) is 22.2 Å². The molecule has 152 valence electrons. The molecule has 3 aromatic rings. The van der Waals surface area contributed by atoms with E-state index in [4.69, 9.17) is 14.2 Å². The van der Waals surface area contributed by atoms with Gasteiger partial charge in [0.15, 0.2) is 0 Å². The number of aryl methyl sites for hydroxylation is 1. The van der Waals surface area contributed by atoms with E-state index in [9.17, 15) is 4.79 Å². The number of nitrogens with zero attached hydrogens (tertiary/aromatic N) is 4. The lowest BCUT2D eigenvalue weighted by Crippen LogP contribution is -2.36. The second-order valence-corrected chi connectivity index (χ2v) is 6.85. The molecule has 29 heavy (non-hydrogen) atoms. The van der Waals surface area contributed by atoms with Crippen molar-refractivity contribution in [1.29, 1.82) is 0 Å². The maximum Gasteiger partial charge on any atom is 0.266 e. The summed E-state index contributed by atoms with van der Waals surface area (Å²) >= 11 is 0. The summed E-state index contributed by atoms with van der Waals surface area (Å²) in [5.41, 5.74) is 3.16. The Balaban J connectivity index is 1.71. The SMILES string of the molecule is COCCOc1nc(-c2ccc(N3CCOCC3)cc2)cc2ncn(C)c(=O)c12. The first-order chi connectivity index (χ1) is 14.2. The molecule has 4 rings (SSSR count). The van der Waals surface area contributed by atoms with Crippen molar-refractivity contribution in [2.24, 2.45) is 7.05 Å². The molecule has 8 heteroatoms. The van der Waals surface area contributed by atoms with Crippen LogP contribution in [0.4, 0.5) is 5.69 Å². The van der Waals surface area contributed by atoms with Crippen LogP contribution in [0.15, 0.2) is 41.5 Å². The minimum Gasteiger partial charge on any atom is -0.475 e. The van der Waals surface area contributed by atoms with Crippen molar-refractivity contribution in [2.45, 2.75) is 0 Å². The third kappa shape index (κ3) is 4.08. The van der Waals surface area contributed by atoms with Gasteiger partial charge in [-0.2, -0.15) is 0 Å². The summed E-state index contributed by atoms with van der Waals surface area (Å²) in [7, 11) is 3.26. The van der Waals surface area contributed by atoms with Crippen LogP contribution in [-0.4, -0.2) is 61.2 Å². The molecule has 0 bridgehead atoms. The van der Waals surface area contributed by atoms with E-state index in [0.29, 0.717) is 29.8 Å². The predicted octanol–water partition coefficient (Wildman–Crippen LogP) is 1.86. The number of hydrogen-bond donors (Lipinski definition) is 0. The summed E-state index contributed by atoms with van der Waals surface area (Å²) in [6, 6.07) is 10.0. The molecule has 0 N–H and O–H groups in total. The van der Waals surface area contributed by atoms with Crippen LogP contribution in [0.5, 0.6) is 5.88 Å². The van der Waals surface area contributed by atoms with Crippen molar-refractivity contribution < 1.29 is 14.2 Å². The van der Waals surface area contributed by atoms with Gasteiger partial charge in [0.1, 0.15) is 12.0 Å². The lowest BCUT2D eigenvalue weighted by molar-refractivity contribution is 0.122. The third-order valence-corrected chi connectivity index (χ3v) is 4.94. The Kier molecular flexibility index (Phi) is 5.73. The number of ether oxygens (including phenoxy) is 3. The Morgan fingerprint density at radius 2 is 1.90 bits per heavy atom. The van der Waals surface area contributed by atoms with Gasteiger partial charge in [-0.1, -0.05) is 12.1 Å². The number of pyridine rings is 1. The standard InChI is InChI=1S/C21H24N4O4/c1-24-14-22-18-13-17(23-20(19(18)21(24)26)29-12-11-27-2)15-3-5-16(6-4-15)25-7-9-28-10-8-25/h3-6,13-14H,7-12H2,1-2H3. The summed E-state index contributed by atoms with van der Waals surface area (Å²) in [5, 5.41) is 0.375. The van der Waals surface area contributed by atoms with E-state index in [-0.39, 0.29) is 11.4 Å². The van der Waals surface area contributed by atoms with E-state index < -0.39 is 0 Å². The highest BCUT2D eigenvalue weighted by Gasteiger charge is 2.15. The highest BCUT2D eigenvalue weighted by molar-refractivity contribution is 5.86. The quantitative estimate of drug-likeness (QED) is 0.589. The average Bonchev–Trinajstić information content (AvgIpc) is 2.77. The molecule has 8 nitrogen and oxygen atoms in total. The van der Waals surface area contributed by atoms with E-state index in [1.165, 1.54) is 10.9 Å². The number of morpholine rings is 1. The highest BCUT2D eigenvalue weighted by Crippen LogP contribution is 2.28. The summed E-state index contributed by atoms with van der Waals surface area (Å²) in [6.45, 7) is 3.97. The first-order valence-electron chi connectivity index (χ1n) is 9.58. The molecule has 1 saturated heterocycles. The maximum atomic E-state index is 12.6. The molecule has 0 amide bonds. The normalized spacial score (nSPS) is 14.3. The number of fused-ring (bicyclic) bond motifs is 1. The molecule has 0 aliphatic carbocycles. The lowest BCUT2D eigenvalue weighted by Gasteiger charge is -2.28. The summed E-state index contributed by atoms with van der Waals surface area (Å²) < 4.78 is 17.7. The number of hydrogen-bond acceptors (Lipinski definition) is 7. The molecule has 0 unspecified atom stereocenters. The Morgan fingerprint density at radius 3 is 2.62 bits per heavy atom. The van der Waals surface area contributed by atoms with E-state index >= 15 is 0 Å². The molecule has 1 aromatic carbocycles. The first kappa shape index (κ1) is 19.4. The van der Waals surface area contributed by atoms with Crippen LogP contribution in [0, 0.1) is 0 Å². The van der Waals surface area contributed by atoms with Crippen molar-refractivity contribution in [2.75, 3.05) is 51.5 Å².